The van der Waals surface area contributed by atoms with Crippen LogP contribution in [0.4, 0.5) is 9.18 Å². The normalized spacial score (nSPS) is 15.4. The highest BCUT2D eigenvalue weighted by Crippen LogP contribution is 2.33. The lowest BCUT2D eigenvalue weighted by atomic mass is 9.89. The Balaban J connectivity index is 1.55. The van der Waals surface area contributed by atoms with Crippen LogP contribution in [0.15, 0.2) is 45.7 Å². The van der Waals surface area contributed by atoms with Crippen molar-refractivity contribution in [2.75, 3.05) is 26.0 Å². The van der Waals surface area contributed by atoms with E-state index in [4.69, 9.17) is 9.15 Å². The number of ether oxygens (including phenoxy) is 1. The lowest BCUT2D eigenvalue weighted by Gasteiger charge is -2.31. The zero-order valence-electron chi connectivity index (χ0n) is 17.3. The standard InChI is InChI=1S/C22H23FN2O5S/c1-3-29-22(26)25-10-8-14(9-11-25)15-4-7-19-20(12-15)30-21(24-19)17-6-5-16(13-18(17)23)31(2,27)28/h4-7,12-14H,3,8-11H2,1-2H3. The fourth-order valence-corrected chi connectivity index (χ4v) is 4.45. The number of hydrogen-bond donors (Lipinski definition) is 0. The van der Waals surface area contributed by atoms with E-state index < -0.39 is 15.7 Å². The molecule has 4 rings (SSSR count). The summed E-state index contributed by atoms with van der Waals surface area (Å²) in [5.41, 5.74) is 2.31. The number of nitrogens with zero attached hydrogens (tertiary/aromatic N) is 2. The van der Waals surface area contributed by atoms with Gasteiger partial charge in [0.25, 0.3) is 0 Å². The molecule has 0 N–H and O–H groups in total. The highest BCUT2D eigenvalue weighted by molar-refractivity contribution is 7.90. The summed E-state index contributed by atoms with van der Waals surface area (Å²) >= 11 is 0. The molecule has 1 amide bonds. The van der Waals surface area contributed by atoms with Gasteiger partial charge in [-0.15, -0.1) is 0 Å². The van der Waals surface area contributed by atoms with Crippen molar-refractivity contribution in [2.45, 2.75) is 30.6 Å². The second kappa shape index (κ2) is 8.30. The van der Waals surface area contributed by atoms with Crippen LogP contribution >= 0.6 is 0 Å². The first-order valence-electron chi connectivity index (χ1n) is 10.1. The molecule has 1 aromatic heterocycles. The van der Waals surface area contributed by atoms with Gasteiger partial charge in [0.05, 0.1) is 17.1 Å². The first kappa shape index (κ1) is 21.3. The maximum absolute atomic E-state index is 14.5. The lowest BCUT2D eigenvalue weighted by Crippen LogP contribution is -2.38. The van der Waals surface area contributed by atoms with Gasteiger partial charge in [0.15, 0.2) is 15.4 Å². The van der Waals surface area contributed by atoms with E-state index >= 15 is 0 Å². The minimum absolute atomic E-state index is 0.0960. The summed E-state index contributed by atoms with van der Waals surface area (Å²) in [5, 5.41) is 0. The Morgan fingerprint density at radius 1 is 1.23 bits per heavy atom. The third kappa shape index (κ3) is 4.41. The molecule has 0 bridgehead atoms. The van der Waals surface area contributed by atoms with Crippen LogP contribution in [0.5, 0.6) is 0 Å². The number of likely N-dealkylation sites (tertiary alicyclic amines) is 1. The number of oxazole rings is 1. The van der Waals surface area contributed by atoms with E-state index in [-0.39, 0.29) is 28.4 Å². The van der Waals surface area contributed by atoms with E-state index in [0.29, 0.717) is 30.8 Å². The van der Waals surface area contributed by atoms with Gasteiger partial charge >= 0.3 is 6.09 Å². The third-order valence-electron chi connectivity index (χ3n) is 5.50. The number of carbonyl (C=O) groups is 1. The molecule has 164 valence electrons. The highest BCUT2D eigenvalue weighted by Gasteiger charge is 2.25. The van der Waals surface area contributed by atoms with Gasteiger partial charge in [0.2, 0.25) is 5.89 Å². The van der Waals surface area contributed by atoms with Crippen molar-refractivity contribution in [3.8, 4) is 11.5 Å². The summed E-state index contributed by atoms with van der Waals surface area (Å²) in [4.78, 5) is 17.8. The van der Waals surface area contributed by atoms with Crippen molar-refractivity contribution < 1.29 is 26.8 Å². The zero-order valence-corrected chi connectivity index (χ0v) is 18.1. The molecule has 0 radical (unpaired) electrons. The van der Waals surface area contributed by atoms with E-state index in [1.54, 1.807) is 11.8 Å². The summed E-state index contributed by atoms with van der Waals surface area (Å²) in [6.07, 6.45) is 2.37. The van der Waals surface area contributed by atoms with Crippen LogP contribution in [0.2, 0.25) is 0 Å². The molecular weight excluding hydrogens is 423 g/mol. The van der Waals surface area contributed by atoms with Crippen LogP contribution in [0.1, 0.15) is 31.2 Å². The first-order chi connectivity index (χ1) is 14.8. The molecule has 1 saturated heterocycles. The van der Waals surface area contributed by atoms with Crippen LogP contribution in [0.3, 0.4) is 0 Å². The Labute approximate surface area is 179 Å². The maximum atomic E-state index is 14.5. The number of amides is 1. The molecule has 7 nitrogen and oxygen atoms in total. The fraction of sp³-hybridized carbons (Fsp3) is 0.364. The van der Waals surface area contributed by atoms with Crippen molar-refractivity contribution in [1.82, 2.24) is 9.88 Å². The number of carbonyl (C=O) groups excluding carboxylic acids is 1. The van der Waals surface area contributed by atoms with E-state index in [9.17, 15) is 17.6 Å². The van der Waals surface area contributed by atoms with Gasteiger partial charge in [-0.1, -0.05) is 6.07 Å². The molecule has 0 saturated carbocycles. The average Bonchev–Trinajstić information content (AvgIpc) is 3.16. The first-order valence-corrected chi connectivity index (χ1v) is 12.0. The van der Waals surface area contributed by atoms with Gasteiger partial charge in [-0.3, -0.25) is 0 Å². The molecule has 0 unspecified atom stereocenters. The number of benzene rings is 2. The summed E-state index contributed by atoms with van der Waals surface area (Å²) < 4.78 is 48.6. The minimum Gasteiger partial charge on any atom is -0.450 e. The number of rotatable bonds is 4. The van der Waals surface area contributed by atoms with Crippen molar-refractivity contribution >= 4 is 27.0 Å². The van der Waals surface area contributed by atoms with Crippen LogP contribution in [0.25, 0.3) is 22.6 Å². The second-order valence-electron chi connectivity index (χ2n) is 7.62. The number of sulfone groups is 1. The SMILES string of the molecule is CCOC(=O)N1CCC(c2ccc3nc(-c4ccc(S(C)(=O)=O)cc4F)oc3c2)CC1. The Morgan fingerprint density at radius 2 is 1.97 bits per heavy atom. The lowest BCUT2D eigenvalue weighted by molar-refractivity contribution is 0.0971. The summed E-state index contributed by atoms with van der Waals surface area (Å²) in [6, 6.07) is 9.38. The minimum atomic E-state index is -3.50. The molecule has 1 aliphatic rings. The van der Waals surface area contributed by atoms with E-state index in [0.717, 1.165) is 30.7 Å². The molecule has 0 aliphatic carbocycles. The van der Waals surface area contributed by atoms with Crippen LogP contribution in [-0.2, 0) is 14.6 Å². The van der Waals surface area contributed by atoms with Crippen molar-refractivity contribution in [3.05, 3.63) is 47.8 Å². The molecule has 1 aliphatic heterocycles. The van der Waals surface area contributed by atoms with Gasteiger partial charge in [-0.2, -0.15) is 0 Å². The number of aromatic nitrogens is 1. The van der Waals surface area contributed by atoms with Crippen LogP contribution < -0.4 is 0 Å². The van der Waals surface area contributed by atoms with Crippen LogP contribution in [-0.4, -0.2) is 50.3 Å². The number of hydrogen-bond acceptors (Lipinski definition) is 6. The molecule has 1 fully saturated rings. The smallest absolute Gasteiger partial charge is 0.409 e. The van der Waals surface area contributed by atoms with Gasteiger partial charge in [0, 0.05) is 19.3 Å². The van der Waals surface area contributed by atoms with Gasteiger partial charge in [-0.05, 0) is 61.6 Å². The summed E-state index contributed by atoms with van der Waals surface area (Å²) in [5.74, 6) is -0.336. The summed E-state index contributed by atoms with van der Waals surface area (Å²) in [6.45, 7) is 3.40. The third-order valence-corrected chi connectivity index (χ3v) is 6.61. The molecular formula is C22H23FN2O5S. The summed E-state index contributed by atoms with van der Waals surface area (Å²) in [7, 11) is -3.50. The van der Waals surface area contributed by atoms with Gasteiger partial charge < -0.3 is 14.1 Å². The van der Waals surface area contributed by atoms with Gasteiger partial charge in [-0.25, -0.2) is 22.6 Å². The van der Waals surface area contributed by atoms with Crippen molar-refractivity contribution in [3.63, 3.8) is 0 Å². The zero-order chi connectivity index (χ0) is 22.2. The quantitative estimate of drug-likeness (QED) is 0.591. The Morgan fingerprint density at radius 3 is 2.61 bits per heavy atom. The molecule has 3 aromatic rings. The fourth-order valence-electron chi connectivity index (χ4n) is 3.82. The molecule has 0 spiro atoms. The van der Waals surface area contributed by atoms with Crippen LogP contribution in [0, 0.1) is 5.82 Å². The Hall–Kier alpha value is -2.94. The molecule has 2 heterocycles. The second-order valence-corrected chi connectivity index (χ2v) is 9.64. The van der Waals surface area contributed by atoms with Gasteiger partial charge in [0.1, 0.15) is 11.3 Å². The molecule has 31 heavy (non-hydrogen) atoms. The Kier molecular flexibility index (Phi) is 5.70. The largest absolute Gasteiger partial charge is 0.450 e. The predicted octanol–water partition coefficient (Wildman–Crippen LogP) is 4.37. The average molecular weight is 447 g/mol. The topological polar surface area (TPSA) is 89.7 Å². The van der Waals surface area contributed by atoms with E-state index in [1.165, 1.54) is 12.1 Å². The van der Waals surface area contributed by atoms with E-state index in [1.807, 2.05) is 18.2 Å². The van der Waals surface area contributed by atoms with Crippen molar-refractivity contribution in [2.24, 2.45) is 0 Å². The predicted molar refractivity (Wildman–Crippen MR) is 113 cm³/mol. The highest BCUT2D eigenvalue weighted by atomic mass is 32.2. The maximum Gasteiger partial charge on any atom is 0.409 e. The number of halogens is 1. The number of piperidine rings is 1. The van der Waals surface area contributed by atoms with E-state index in [2.05, 4.69) is 4.98 Å². The Bertz CT molecular complexity index is 1230. The van der Waals surface area contributed by atoms with Crippen molar-refractivity contribution in [1.29, 1.82) is 0 Å². The monoisotopic (exact) mass is 446 g/mol. The molecule has 2 aromatic carbocycles. The molecule has 0 atom stereocenters. The number of fused-ring (bicyclic) bond motifs is 1. The molecule has 9 heteroatoms.